The highest BCUT2D eigenvalue weighted by Crippen LogP contribution is 2.37. The van der Waals surface area contributed by atoms with Crippen molar-refractivity contribution in [3.8, 4) is 0 Å². The molecule has 4 aromatic rings. The van der Waals surface area contributed by atoms with Crippen LogP contribution in [0.4, 0.5) is 11.4 Å². The van der Waals surface area contributed by atoms with E-state index in [-0.39, 0.29) is 12.1 Å². The Morgan fingerprint density at radius 2 is 1.50 bits per heavy atom. The molecule has 0 saturated carbocycles. The number of benzene rings is 4. The molecule has 0 radical (unpaired) electrons. The Hall–Kier alpha value is -3.59. The predicted molar refractivity (Wildman–Crippen MR) is 124 cm³/mol. The van der Waals surface area contributed by atoms with Crippen molar-refractivity contribution in [3.63, 3.8) is 0 Å². The first-order valence-electron chi connectivity index (χ1n) is 10.4. The van der Waals surface area contributed by atoms with Crippen molar-refractivity contribution >= 4 is 28.1 Å². The van der Waals surface area contributed by atoms with Gasteiger partial charge in [0.1, 0.15) is 6.17 Å². The molecule has 0 bridgehead atoms. The van der Waals surface area contributed by atoms with Gasteiger partial charge in [-0.2, -0.15) is 0 Å². The van der Waals surface area contributed by atoms with Crippen LogP contribution in [0, 0.1) is 0 Å². The van der Waals surface area contributed by atoms with E-state index in [2.05, 4.69) is 67.7 Å². The van der Waals surface area contributed by atoms with E-state index >= 15 is 0 Å². The average Bonchev–Trinajstić information content (AvgIpc) is 2.79. The van der Waals surface area contributed by atoms with Gasteiger partial charge in [0.05, 0.1) is 5.56 Å². The van der Waals surface area contributed by atoms with E-state index in [1.165, 1.54) is 5.56 Å². The highest BCUT2D eigenvalue weighted by Gasteiger charge is 2.34. The SMILES string of the molecule is CC(C)c1ccc([C@H]2Nc3ccccc3C(=O)N2c2ccc3ccccc3c2)cc1. The molecule has 0 fully saturated rings. The molecular formula is C27H24N2O. The molecule has 0 spiro atoms. The highest BCUT2D eigenvalue weighted by atomic mass is 16.2. The number of fused-ring (bicyclic) bond motifs is 2. The molecule has 0 aliphatic carbocycles. The van der Waals surface area contributed by atoms with E-state index in [0.29, 0.717) is 11.5 Å². The largest absolute Gasteiger partial charge is 0.360 e. The van der Waals surface area contributed by atoms with Crippen molar-refractivity contribution in [1.29, 1.82) is 0 Å². The minimum atomic E-state index is -0.269. The van der Waals surface area contributed by atoms with Crippen LogP contribution in [-0.4, -0.2) is 5.91 Å². The van der Waals surface area contributed by atoms with Gasteiger partial charge < -0.3 is 5.32 Å². The fraction of sp³-hybridized carbons (Fsp3) is 0.148. The summed E-state index contributed by atoms with van der Waals surface area (Å²) in [5.41, 5.74) is 4.81. The molecule has 1 aliphatic rings. The third-order valence-electron chi connectivity index (χ3n) is 5.86. The van der Waals surface area contributed by atoms with Gasteiger partial charge in [-0.05, 0) is 52.1 Å². The van der Waals surface area contributed by atoms with Crippen LogP contribution >= 0.6 is 0 Å². The Bertz CT molecular complexity index is 1230. The Labute approximate surface area is 177 Å². The summed E-state index contributed by atoms with van der Waals surface area (Å²) >= 11 is 0. The van der Waals surface area contributed by atoms with E-state index in [9.17, 15) is 4.79 Å². The highest BCUT2D eigenvalue weighted by molar-refractivity contribution is 6.12. The lowest BCUT2D eigenvalue weighted by atomic mass is 9.98. The molecule has 3 heteroatoms. The first kappa shape index (κ1) is 18.4. The third-order valence-corrected chi connectivity index (χ3v) is 5.86. The van der Waals surface area contributed by atoms with Crippen molar-refractivity contribution in [1.82, 2.24) is 0 Å². The zero-order valence-corrected chi connectivity index (χ0v) is 17.2. The molecule has 1 aliphatic heterocycles. The molecule has 0 aromatic heterocycles. The minimum absolute atomic E-state index is 0.0116. The molecular weight excluding hydrogens is 368 g/mol. The van der Waals surface area contributed by atoms with Gasteiger partial charge in [0, 0.05) is 11.4 Å². The van der Waals surface area contributed by atoms with Gasteiger partial charge in [-0.25, -0.2) is 0 Å². The van der Waals surface area contributed by atoms with Gasteiger partial charge in [0.15, 0.2) is 0 Å². The zero-order chi connectivity index (χ0) is 20.7. The third kappa shape index (κ3) is 3.13. The van der Waals surface area contributed by atoms with E-state index in [4.69, 9.17) is 0 Å². The summed E-state index contributed by atoms with van der Waals surface area (Å²) in [7, 11) is 0. The van der Waals surface area contributed by atoms with Crippen molar-refractivity contribution in [2.24, 2.45) is 0 Å². The van der Waals surface area contributed by atoms with Crippen LogP contribution in [0.2, 0.25) is 0 Å². The van der Waals surface area contributed by atoms with E-state index < -0.39 is 0 Å². The summed E-state index contributed by atoms with van der Waals surface area (Å²) in [5.74, 6) is 0.481. The number of carbonyl (C=O) groups excluding carboxylic acids is 1. The number of carbonyl (C=O) groups is 1. The molecule has 5 rings (SSSR count). The maximum Gasteiger partial charge on any atom is 0.262 e. The Balaban J connectivity index is 1.64. The maximum atomic E-state index is 13.6. The summed E-state index contributed by atoms with van der Waals surface area (Å²) in [6.07, 6.45) is -0.269. The van der Waals surface area contributed by atoms with Crippen molar-refractivity contribution in [3.05, 3.63) is 108 Å². The molecule has 30 heavy (non-hydrogen) atoms. The predicted octanol–water partition coefficient (Wildman–Crippen LogP) is 6.73. The normalized spacial score (nSPS) is 15.9. The van der Waals surface area contributed by atoms with E-state index in [1.54, 1.807) is 0 Å². The van der Waals surface area contributed by atoms with Gasteiger partial charge >= 0.3 is 0 Å². The number of hydrogen-bond acceptors (Lipinski definition) is 2. The Kier molecular flexibility index (Phi) is 4.51. The second-order valence-corrected chi connectivity index (χ2v) is 8.12. The number of anilines is 2. The molecule has 148 valence electrons. The number of nitrogens with one attached hydrogen (secondary N) is 1. The van der Waals surface area contributed by atoms with Crippen LogP contribution in [-0.2, 0) is 0 Å². The molecule has 4 aromatic carbocycles. The van der Waals surface area contributed by atoms with Crippen LogP contribution in [0.25, 0.3) is 10.8 Å². The van der Waals surface area contributed by atoms with Gasteiger partial charge in [-0.1, -0.05) is 80.6 Å². The molecule has 1 heterocycles. The van der Waals surface area contributed by atoms with Crippen LogP contribution < -0.4 is 10.2 Å². The monoisotopic (exact) mass is 392 g/mol. The van der Waals surface area contributed by atoms with Gasteiger partial charge in [0.25, 0.3) is 5.91 Å². The summed E-state index contributed by atoms with van der Waals surface area (Å²) in [6, 6.07) is 30.7. The van der Waals surface area contributed by atoms with E-state index in [1.807, 2.05) is 47.4 Å². The zero-order valence-electron chi connectivity index (χ0n) is 17.2. The summed E-state index contributed by atoms with van der Waals surface area (Å²) in [6.45, 7) is 4.38. The lowest BCUT2D eigenvalue weighted by Gasteiger charge is -2.38. The minimum Gasteiger partial charge on any atom is -0.360 e. The van der Waals surface area contributed by atoms with Gasteiger partial charge in [0.2, 0.25) is 0 Å². The summed E-state index contributed by atoms with van der Waals surface area (Å²) in [4.78, 5) is 15.5. The molecule has 3 nitrogen and oxygen atoms in total. The Morgan fingerprint density at radius 3 is 2.27 bits per heavy atom. The number of hydrogen-bond donors (Lipinski definition) is 1. The van der Waals surface area contributed by atoms with Crippen LogP contribution in [0.5, 0.6) is 0 Å². The van der Waals surface area contributed by atoms with Gasteiger partial charge in [-0.3, -0.25) is 9.69 Å². The second kappa shape index (κ2) is 7.34. The Morgan fingerprint density at radius 1 is 0.800 bits per heavy atom. The first-order valence-corrected chi connectivity index (χ1v) is 10.4. The fourth-order valence-corrected chi connectivity index (χ4v) is 4.14. The maximum absolute atomic E-state index is 13.6. The number of rotatable bonds is 3. The van der Waals surface area contributed by atoms with Crippen molar-refractivity contribution < 1.29 is 4.79 Å². The fourth-order valence-electron chi connectivity index (χ4n) is 4.14. The van der Waals surface area contributed by atoms with Crippen LogP contribution in [0.1, 0.15) is 47.4 Å². The molecule has 0 saturated heterocycles. The number of amides is 1. The average molecular weight is 393 g/mol. The van der Waals surface area contributed by atoms with Gasteiger partial charge in [-0.15, -0.1) is 0 Å². The van der Waals surface area contributed by atoms with Crippen molar-refractivity contribution in [2.45, 2.75) is 25.9 Å². The molecule has 0 unspecified atom stereocenters. The topological polar surface area (TPSA) is 32.3 Å². The summed E-state index contributed by atoms with van der Waals surface area (Å²) in [5, 5.41) is 5.88. The number of para-hydroxylation sites is 1. The smallest absolute Gasteiger partial charge is 0.262 e. The standard InChI is InChI=1S/C27H24N2O/c1-18(2)19-11-13-21(14-12-19)26-28-25-10-6-5-9-24(25)27(30)29(26)23-16-15-20-7-3-4-8-22(20)17-23/h3-18,26,28H,1-2H3/t26-/m0/s1. The lowest BCUT2D eigenvalue weighted by molar-refractivity contribution is 0.0975. The second-order valence-electron chi connectivity index (χ2n) is 8.12. The van der Waals surface area contributed by atoms with E-state index in [0.717, 1.165) is 27.7 Å². The van der Waals surface area contributed by atoms with Crippen LogP contribution in [0.3, 0.4) is 0 Å². The number of nitrogens with zero attached hydrogens (tertiary/aromatic N) is 1. The van der Waals surface area contributed by atoms with Crippen molar-refractivity contribution in [2.75, 3.05) is 10.2 Å². The molecule has 1 N–H and O–H groups in total. The summed E-state index contributed by atoms with van der Waals surface area (Å²) < 4.78 is 0. The molecule has 1 amide bonds. The quantitative estimate of drug-likeness (QED) is 0.419. The lowest BCUT2D eigenvalue weighted by Crippen LogP contribution is -2.43. The molecule has 1 atom stereocenters. The van der Waals surface area contributed by atoms with Crippen LogP contribution in [0.15, 0.2) is 91.0 Å². The first-order chi connectivity index (χ1) is 14.6.